The van der Waals surface area contributed by atoms with Gasteiger partial charge in [-0.1, -0.05) is 11.2 Å². The van der Waals surface area contributed by atoms with Gasteiger partial charge in [0.15, 0.2) is 23.1 Å². The number of hydrogen-bond acceptors (Lipinski definition) is 11. The Balaban J connectivity index is 1.35. The monoisotopic (exact) mass is 614 g/mol. The highest BCUT2D eigenvalue weighted by Crippen LogP contribution is 2.38. The highest BCUT2D eigenvalue weighted by Gasteiger charge is 2.30. The summed E-state index contributed by atoms with van der Waals surface area (Å²) in [4.78, 5) is 46.3. The Morgan fingerprint density at radius 2 is 1.84 bits per heavy atom. The van der Waals surface area contributed by atoms with Crippen LogP contribution in [0.5, 0.6) is 5.75 Å². The molecule has 1 aliphatic heterocycles. The van der Waals surface area contributed by atoms with Gasteiger partial charge in [0.1, 0.15) is 23.5 Å². The molecule has 0 spiro atoms. The van der Waals surface area contributed by atoms with Gasteiger partial charge >= 0.3 is 6.03 Å². The molecule has 18 heteroatoms. The van der Waals surface area contributed by atoms with E-state index in [4.69, 9.17) is 9.26 Å². The van der Waals surface area contributed by atoms with E-state index >= 15 is 0 Å². The van der Waals surface area contributed by atoms with Crippen LogP contribution in [0.25, 0.3) is 11.5 Å². The largest absolute Gasteiger partial charge is 0.494 e. The van der Waals surface area contributed by atoms with E-state index in [1.165, 1.54) is 7.11 Å². The van der Waals surface area contributed by atoms with Gasteiger partial charge in [0.05, 0.1) is 30.6 Å². The normalized spacial score (nSPS) is 15.3. The Kier molecular flexibility index (Phi) is 9.61. The van der Waals surface area contributed by atoms with E-state index in [1.54, 1.807) is 29.2 Å². The zero-order valence-corrected chi connectivity index (χ0v) is 26.3. The number of rotatable bonds is 11. The van der Waals surface area contributed by atoms with Crippen LogP contribution < -0.4 is 26.0 Å². The molecule has 3 heterocycles. The maximum Gasteiger partial charge on any atom is 0.317 e. The molecule has 4 amide bonds. The van der Waals surface area contributed by atoms with Crippen molar-refractivity contribution in [2.75, 3.05) is 50.5 Å². The third-order valence-corrected chi connectivity index (χ3v) is 7.24. The number of urea groups is 1. The van der Waals surface area contributed by atoms with E-state index in [-0.39, 0.29) is 35.3 Å². The summed E-state index contributed by atoms with van der Waals surface area (Å²) in [5.74, 6) is 0.824. The molecule has 3 aromatic rings. The maximum atomic E-state index is 13.2. The van der Waals surface area contributed by atoms with Crippen LogP contribution >= 0.6 is 0 Å². The summed E-state index contributed by atoms with van der Waals surface area (Å²) in [6.45, 7) is 5.58. The summed E-state index contributed by atoms with van der Waals surface area (Å²) >= 11 is 0. The van der Waals surface area contributed by atoms with Crippen molar-refractivity contribution < 1.29 is 23.6 Å². The molecule has 15 nitrogen and oxygen atoms in total. The van der Waals surface area contributed by atoms with Gasteiger partial charge in [0, 0.05) is 44.7 Å². The minimum atomic E-state index is -0.514. The van der Waals surface area contributed by atoms with Gasteiger partial charge in [-0.2, -0.15) is 4.98 Å². The van der Waals surface area contributed by atoms with E-state index in [1.807, 2.05) is 30.5 Å². The first-order chi connectivity index (χ1) is 21.5. The van der Waals surface area contributed by atoms with Gasteiger partial charge in [-0.15, -0.1) is 10.2 Å². The molecule has 0 unspecified atom stereocenters. The third kappa shape index (κ3) is 8.12. The minimum Gasteiger partial charge on any atom is -0.494 e. The van der Waals surface area contributed by atoms with Gasteiger partial charge in [0.25, 0.3) is 11.8 Å². The number of carbonyl (C=O) groups is 3. The van der Waals surface area contributed by atoms with Gasteiger partial charge in [0.2, 0.25) is 5.91 Å². The standard InChI is InChI=1S/C27H37B3N10O5/c1-3-31-26(43)40-11-9-39(10-12-40)14-20-34-25(45-38-20)16-5-4-6-17(22(16)44-2)32-18-13-19(33-23(41)15-7-8-15)36-37-21(18)24(42)35-27(28,29)30/h4-6,13,15H,3,7-12,14,28-30H2,1-2H3,(H,31,43)(H,35,42)(H2,32,33,36,41). The van der Waals surface area contributed by atoms with E-state index in [0.717, 1.165) is 12.8 Å². The van der Waals surface area contributed by atoms with Crippen molar-refractivity contribution >= 4 is 58.6 Å². The summed E-state index contributed by atoms with van der Waals surface area (Å²) in [6.07, 6.45) is 1.68. The third-order valence-electron chi connectivity index (χ3n) is 7.24. The van der Waals surface area contributed by atoms with Gasteiger partial charge in [-0.25, -0.2) is 4.79 Å². The summed E-state index contributed by atoms with van der Waals surface area (Å²) < 4.78 is 11.4. The lowest BCUT2D eigenvalue weighted by atomic mass is 9.49. The second kappa shape index (κ2) is 13.6. The number of para-hydroxylation sites is 1. The molecule has 1 aliphatic carbocycles. The Bertz CT molecular complexity index is 1550. The van der Waals surface area contributed by atoms with Crippen LogP contribution in [0.3, 0.4) is 0 Å². The van der Waals surface area contributed by atoms with Gasteiger partial charge in [-0.3, -0.25) is 14.5 Å². The molecule has 0 bridgehead atoms. The van der Waals surface area contributed by atoms with Crippen LogP contribution in [0.15, 0.2) is 28.8 Å². The van der Waals surface area contributed by atoms with Gasteiger partial charge < -0.3 is 35.4 Å². The van der Waals surface area contributed by atoms with Crippen molar-refractivity contribution in [2.24, 2.45) is 5.92 Å². The molecule has 234 valence electrons. The molecular weight excluding hydrogens is 577 g/mol. The number of hydrogen-bond donors (Lipinski definition) is 4. The lowest BCUT2D eigenvalue weighted by Gasteiger charge is -2.33. The predicted octanol–water partition coefficient (Wildman–Crippen LogP) is -1.29. The fourth-order valence-corrected chi connectivity index (χ4v) is 4.86. The molecule has 2 aromatic heterocycles. The molecule has 2 aliphatic rings. The number of nitrogens with one attached hydrogen (secondary N) is 4. The number of amides is 4. The fraction of sp³-hybridized carbons (Fsp3) is 0.444. The molecule has 0 atom stereocenters. The number of ether oxygens (including phenoxy) is 1. The van der Waals surface area contributed by atoms with E-state index in [0.29, 0.717) is 67.8 Å². The number of carbonyl (C=O) groups excluding carboxylic acids is 3. The molecule has 45 heavy (non-hydrogen) atoms. The molecule has 5 rings (SSSR count). The zero-order chi connectivity index (χ0) is 32.1. The highest BCUT2D eigenvalue weighted by molar-refractivity contribution is 6.60. The Labute approximate surface area is 263 Å². The first-order valence-corrected chi connectivity index (χ1v) is 15.1. The summed E-state index contributed by atoms with van der Waals surface area (Å²) in [5, 5.41) is 23.7. The van der Waals surface area contributed by atoms with Crippen molar-refractivity contribution in [1.29, 1.82) is 0 Å². The Hall–Kier alpha value is -4.60. The number of piperazine rings is 1. The fourth-order valence-electron chi connectivity index (χ4n) is 4.86. The minimum absolute atomic E-state index is 0.0277. The van der Waals surface area contributed by atoms with E-state index < -0.39 is 11.1 Å². The smallest absolute Gasteiger partial charge is 0.317 e. The van der Waals surface area contributed by atoms with Crippen LogP contribution in [0, 0.1) is 5.92 Å². The van der Waals surface area contributed by atoms with Crippen LogP contribution in [0.4, 0.5) is 22.0 Å². The summed E-state index contributed by atoms with van der Waals surface area (Å²) in [7, 11) is 7.13. The van der Waals surface area contributed by atoms with Crippen LogP contribution in [0.1, 0.15) is 36.1 Å². The first kappa shape index (κ1) is 31.8. The summed E-state index contributed by atoms with van der Waals surface area (Å²) in [6, 6.07) is 6.90. The molecule has 1 saturated carbocycles. The van der Waals surface area contributed by atoms with Crippen molar-refractivity contribution in [3.8, 4) is 17.2 Å². The number of aromatic nitrogens is 4. The molecular formula is C27H37B3N10O5. The van der Waals surface area contributed by atoms with E-state index in [9.17, 15) is 14.4 Å². The average Bonchev–Trinajstić information content (AvgIpc) is 3.75. The topological polar surface area (TPSA) is 180 Å². The highest BCUT2D eigenvalue weighted by atomic mass is 16.5. The van der Waals surface area contributed by atoms with Crippen molar-refractivity contribution in [1.82, 2.24) is 40.8 Å². The number of methoxy groups -OCH3 is 1. The second-order valence-corrected chi connectivity index (χ2v) is 12.1. The predicted molar refractivity (Wildman–Crippen MR) is 175 cm³/mol. The van der Waals surface area contributed by atoms with Crippen LogP contribution in [-0.4, -0.2) is 117 Å². The van der Waals surface area contributed by atoms with Crippen LogP contribution in [0.2, 0.25) is 0 Å². The van der Waals surface area contributed by atoms with Gasteiger partial charge in [-0.05, 0) is 37.1 Å². The van der Waals surface area contributed by atoms with Crippen LogP contribution in [-0.2, 0) is 11.3 Å². The quantitative estimate of drug-likeness (QED) is 0.189. The number of anilines is 3. The zero-order valence-electron chi connectivity index (χ0n) is 26.3. The second-order valence-electron chi connectivity index (χ2n) is 12.1. The summed E-state index contributed by atoms with van der Waals surface area (Å²) in [5.41, 5.74) is 1.43. The van der Waals surface area contributed by atoms with Crippen molar-refractivity contribution in [3.63, 3.8) is 0 Å². The maximum absolute atomic E-state index is 13.2. The lowest BCUT2D eigenvalue weighted by molar-refractivity contribution is -0.117. The van der Waals surface area contributed by atoms with E-state index in [2.05, 4.69) is 46.5 Å². The molecule has 1 saturated heterocycles. The Morgan fingerprint density at radius 1 is 1.09 bits per heavy atom. The van der Waals surface area contributed by atoms with Crippen molar-refractivity contribution in [3.05, 3.63) is 35.8 Å². The molecule has 0 radical (unpaired) electrons. The average molecular weight is 614 g/mol. The SMILES string of the molecule is BC(B)(B)NC(=O)c1nnc(NC(=O)C2CC2)cc1Nc1cccc(-c2nc(CN3CCN(C(=O)NCC)CC3)no2)c1OC. The molecule has 1 aromatic carbocycles. The molecule has 4 N–H and O–H groups in total. The van der Waals surface area contributed by atoms with Crippen molar-refractivity contribution in [2.45, 2.75) is 31.5 Å². The first-order valence-electron chi connectivity index (χ1n) is 15.1. The molecule has 2 fully saturated rings. The lowest BCUT2D eigenvalue weighted by Crippen LogP contribution is -2.51. The number of benzene rings is 1. The Morgan fingerprint density at radius 3 is 2.51 bits per heavy atom. The number of nitrogens with zero attached hydrogens (tertiary/aromatic N) is 6.